The quantitative estimate of drug-likeness (QED) is 0.0569. The molecule has 2 atom stereocenters. The Morgan fingerprint density at radius 2 is 0.786 bits per heavy atom. The van der Waals surface area contributed by atoms with Crippen LogP contribution < -0.4 is 12.4 Å². The Balaban J connectivity index is 0. The van der Waals surface area contributed by atoms with Gasteiger partial charge in [-0.25, -0.2) is 0 Å². The highest BCUT2D eigenvalue weighted by atomic mass is 35.5. The average Bonchev–Trinajstić information content (AvgIpc) is 2.97. The molecule has 4 heteroatoms. The molecule has 3 nitrogen and oxygen atoms in total. The SMILES string of the molecule is CCCCCCCCCCCCCCCCOCC(O)C[N+](C)(CC)CCCCCCCCCCCCCCCC.[Cl-]. The molecule has 0 saturated carbocycles. The minimum absolute atomic E-state index is 0. The zero-order valence-corrected chi connectivity index (χ0v) is 30.3. The van der Waals surface area contributed by atoms with Crippen LogP contribution in [0.5, 0.6) is 0 Å². The lowest BCUT2D eigenvalue weighted by molar-refractivity contribution is -0.911. The highest BCUT2D eigenvalue weighted by Gasteiger charge is 2.23. The topological polar surface area (TPSA) is 29.5 Å². The smallest absolute Gasteiger partial charge is 0.126 e. The van der Waals surface area contributed by atoms with Gasteiger partial charge in [-0.05, 0) is 26.2 Å². The molecule has 0 fully saturated rings. The normalized spacial score (nSPS) is 13.6. The largest absolute Gasteiger partial charge is 1.00 e. The number of likely N-dealkylation sites (N-methyl/N-ethyl adjacent to an activating group) is 1. The molecular formula is C38H80ClNO2. The number of halogens is 1. The van der Waals surface area contributed by atoms with Crippen molar-refractivity contribution in [2.45, 2.75) is 207 Å². The van der Waals surface area contributed by atoms with E-state index < -0.39 is 0 Å². The Labute approximate surface area is 272 Å². The molecule has 0 aliphatic rings. The van der Waals surface area contributed by atoms with Gasteiger partial charge in [0.1, 0.15) is 12.6 Å². The fourth-order valence-electron chi connectivity index (χ4n) is 6.25. The molecule has 0 aromatic heterocycles. The molecule has 0 amide bonds. The van der Waals surface area contributed by atoms with Crippen LogP contribution in [-0.2, 0) is 4.74 Å². The zero-order valence-electron chi connectivity index (χ0n) is 29.6. The maximum Gasteiger partial charge on any atom is 0.126 e. The van der Waals surface area contributed by atoms with E-state index in [1.54, 1.807) is 0 Å². The molecule has 0 aliphatic heterocycles. The first kappa shape index (κ1) is 44.3. The van der Waals surface area contributed by atoms with Crippen molar-refractivity contribution in [1.29, 1.82) is 0 Å². The van der Waals surface area contributed by atoms with Crippen LogP contribution in [0.15, 0.2) is 0 Å². The predicted octanol–water partition coefficient (Wildman–Crippen LogP) is 8.80. The van der Waals surface area contributed by atoms with E-state index in [1.807, 2.05) is 0 Å². The van der Waals surface area contributed by atoms with Gasteiger partial charge in [-0.3, -0.25) is 0 Å². The van der Waals surface area contributed by atoms with Crippen LogP contribution in [0.3, 0.4) is 0 Å². The Kier molecular flexibility index (Phi) is 37.6. The summed E-state index contributed by atoms with van der Waals surface area (Å²) in [6.07, 6.45) is 38.8. The van der Waals surface area contributed by atoms with Crippen molar-refractivity contribution in [2.75, 3.05) is 39.9 Å². The number of aliphatic hydroxyl groups excluding tert-OH is 1. The number of rotatable bonds is 35. The molecule has 42 heavy (non-hydrogen) atoms. The monoisotopic (exact) mass is 618 g/mol. The molecule has 0 bridgehead atoms. The fraction of sp³-hybridized carbons (Fsp3) is 1.00. The number of unbranched alkanes of at least 4 members (excludes halogenated alkanes) is 26. The molecule has 256 valence electrons. The van der Waals surface area contributed by atoms with Gasteiger partial charge in [-0.2, -0.15) is 0 Å². The van der Waals surface area contributed by atoms with Crippen LogP contribution in [0, 0.1) is 0 Å². The van der Waals surface area contributed by atoms with Crippen LogP contribution in [0.2, 0.25) is 0 Å². The molecule has 0 aromatic carbocycles. The van der Waals surface area contributed by atoms with Gasteiger partial charge in [0.05, 0.1) is 26.7 Å². The van der Waals surface area contributed by atoms with E-state index in [9.17, 15) is 5.11 Å². The molecular weight excluding hydrogens is 538 g/mol. The highest BCUT2D eigenvalue weighted by Crippen LogP contribution is 2.15. The molecule has 1 N–H and O–H groups in total. The van der Waals surface area contributed by atoms with Gasteiger partial charge in [-0.1, -0.05) is 174 Å². The van der Waals surface area contributed by atoms with Crippen molar-refractivity contribution in [1.82, 2.24) is 0 Å². The lowest BCUT2D eigenvalue weighted by Gasteiger charge is -2.35. The zero-order chi connectivity index (χ0) is 30.1. The molecule has 2 unspecified atom stereocenters. The summed E-state index contributed by atoms with van der Waals surface area (Å²) in [5, 5.41) is 10.6. The number of aliphatic hydroxyl groups is 1. The standard InChI is InChI=1S/C38H80NO2.ClH/c1-5-8-10-12-14-16-18-20-22-24-26-28-30-32-34-39(4,7-3)36-38(40)37-41-35-33-31-29-27-25-23-21-19-17-15-13-11-9-6-2;/h38,40H,5-37H2,1-4H3;1H/q+1;/p-1. The molecule has 0 saturated heterocycles. The lowest BCUT2D eigenvalue weighted by Crippen LogP contribution is -3.00. The van der Waals surface area contributed by atoms with Crippen LogP contribution in [-0.4, -0.2) is 55.6 Å². The fourth-order valence-corrected chi connectivity index (χ4v) is 6.25. The van der Waals surface area contributed by atoms with Gasteiger partial charge < -0.3 is 26.7 Å². The maximum atomic E-state index is 10.6. The van der Waals surface area contributed by atoms with E-state index >= 15 is 0 Å². The molecule has 0 spiro atoms. The second kappa shape index (κ2) is 35.6. The average molecular weight is 619 g/mol. The van der Waals surface area contributed by atoms with E-state index in [1.165, 1.54) is 180 Å². The third-order valence-corrected chi connectivity index (χ3v) is 9.42. The minimum Gasteiger partial charge on any atom is -1.00 e. The number of nitrogens with zero attached hydrogens (tertiary/aromatic N) is 1. The molecule has 0 rings (SSSR count). The summed E-state index contributed by atoms with van der Waals surface area (Å²) in [5.41, 5.74) is 0. The Morgan fingerprint density at radius 1 is 0.476 bits per heavy atom. The van der Waals surface area contributed by atoms with Gasteiger partial charge in [0, 0.05) is 6.61 Å². The van der Waals surface area contributed by atoms with Gasteiger partial charge in [0.15, 0.2) is 0 Å². The van der Waals surface area contributed by atoms with Crippen molar-refractivity contribution in [2.24, 2.45) is 0 Å². The Bertz CT molecular complexity index is 492. The highest BCUT2D eigenvalue weighted by molar-refractivity contribution is 4.56. The predicted molar refractivity (Wildman–Crippen MR) is 184 cm³/mol. The number of ether oxygens (including phenoxy) is 1. The molecule has 0 aromatic rings. The summed E-state index contributed by atoms with van der Waals surface area (Å²) in [6, 6.07) is 0. The molecule has 0 heterocycles. The van der Waals surface area contributed by atoms with E-state index in [4.69, 9.17) is 4.74 Å². The maximum absolute atomic E-state index is 10.6. The van der Waals surface area contributed by atoms with E-state index in [0.29, 0.717) is 6.61 Å². The van der Waals surface area contributed by atoms with Crippen LogP contribution in [0.25, 0.3) is 0 Å². The van der Waals surface area contributed by atoms with Crippen molar-refractivity contribution in [3.8, 4) is 0 Å². The summed E-state index contributed by atoms with van der Waals surface area (Å²) in [4.78, 5) is 0. The van der Waals surface area contributed by atoms with Crippen LogP contribution in [0.1, 0.15) is 201 Å². The van der Waals surface area contributed by atoms with Gasteiger partial charge >= 0.3 is 0 Å². The van der Waals surface area contributed by atoms with Crippen molar-refractivity contribution < 1.29 is 26.7 Å². The van der Waals surface area contributed by atoms with E-state index in [2.05, 4.69) is 27.8 Å². The number of quaternary nitrogens is 1. The first-order valence-electron chi connectivity index (χ1n) is 19.2. The third kappa shape index (κ3) is 33.1. The van der Waals surface area contributed by atoms with Crippen LogP contribution >= 0.6 is 0 Å². The summed E-state index contributed by atoms with van der Waals surface area (Å²) < 4.78 is 6.83. The first-order chi connectivity index (χ1) is 20.1. The second-order valence-electron chi connectivity index (χ2n) is 13.8. The number of hydrogen-bond donors (Lipinski definition) is 1. The molecule has 0 aliphatic carbocycles. The summed E-state index contributed by atoms with van der Waals surface area (Å²) in [5.74, 6) is 0. The van der Waals surface area contributed by atoms with Gasteiger partial charge in [-0.15, -0.1) is 0 Å². The minimum atomic E-state index is -0.335. The summed E-state index contributed by atoms with van der Waals surface area (Å²) >= 11 is 0. The van der Waals surface area contributed by atoms with E-state index in [-0.39, 0.29) is 18.5 Å². The first-order valence-corrected chi connectivity index (χ1v) is 19.2. The van der Waals surface area contributed by atoms with Crippen LogP contribution in [0.4, 0.5) is 0 Å². The van der Waals surface area contributed by atoms with Gasteiger partial charge in [0.25, 0.3) is 0 Å². The molecule has 0 radical (unpaired) electrons. The second-order valence-corrected chi connectivity index (χ2v) is 13.8. The summed E-state index contributed by atoms with van der Waals surface area (Å²) in [6.45, 7) is 11.3. The Hall–Kier alpha value is 0.170. The van der Waals surface area contributed by atoms with Crippen molar-refractivity contribution in [3.05, 3.63) is 0 Å². The third-order valence-electron chi connectivity index (χ3n) is 9.42. The lowest BCUT2D eigenvalue weighted by atomic mass is 10.0. The van der Waals surface area contributed by atoms with Crippen molar-refractivity contribution >= 4 is 0 Å². The summed E-state index contributed by atoms with van der Waals surface area (Å²) in [7, 11) is 2.32. The Morgan fingerprint density at radius 3 is 1.12 bits per heavy atom. The van der Waals surface area contributed by atoms with E-state index in [0.717, 1.165) is 30.6 Å². The van der Waals surface area contributed by atoms with Gasteiger partial charge in [0.2, 0.25) is 0 Å². The van der Waals surface area contributed by atoms with Crippen molar-refractivity contribution in [3.63, 3.8) is 0 Å². The number of hydrogen-bond acceptors (Lipinski definition) is 2.